The molecule has 1 unspecified atom stereocenters. The minimum absolute atomic E-state index is 0.00912. The molecule has 0 saturated heterocycles. The van der Waals surface area contributed by atoms with Crippen molar-refractivity contribution in [1.82, 2.24) is 39.7 Å². The zero-order valence-corrected chi connectivity index (χ0v) is 18.0. The predicted molar refractivity (Wildman–Crippen MR) is 117 cm³/mol. The van der Waals surface area contributed by atoms with Crippen molar-refractivity contribution in [3.8, 4) is 6.07 Å². The molecule has 4 aromatic heterocycles. The Bertz CT molecular complexity index is 1430. The van der Waals surface area contributed by atoms with Crippen molar-refractivity contribution in [3.05, 3.63) is 69.9 Å². The van der Waals surface area contributed by atoms with Gasteiger partial charge in [0.2, 0.25) is 0 Å². The van der Waals surface area contributed by atoms with Crippen molar-refractivity contribution in [3.63, 3.8) is 0 Å². The summed E-state index contributed by atoms with van der Waals surface area (Å²) >= 11 is 0. The van der Waals surface area contributed by atoms with Crippen molar-refractivity contribution in [2.45, 2.75) is 56.4 Å². The molecule has 0 bridgehead atoms. The number of aromatic amines is 1. The molecule has 6 rings (SSSR count). The molecular weight excluding hydrogens is 418 g/mol. The molecule has 0 aliphatic heterocycles. The van der Waals surface area contributed by atoms with E-state index in [1.165, 1.54) is 0 Å². The molecule has 4 heterocycles. The van der Waals surface area contributed by atoms with Crippen LogP contribution in [0.4, 0.5) is 0 Å². The lowest BCUT2D eigenvalue weighted by molar-refractivity contribution is 0.319. The summed E-state index contributed by atoms with van der Waals surface area (Å²) in [5.41, 5.74) is 0.939. The quantitative estimate of drug-likeness (QED) is 0.501. The van der Waals surface area contributed by atoms with Gasteiger partial charge in [0.25, 0.3) is 5.56 Å². The summed E-state index contributed by atoms with van der Waals surface area (Å²) in [7, 11) is 0. The summed E-state index contributed by atoms with van der Waals surface area (Å²) < 4.78 is 1.63. The summed E-state index contributed by atoms with van der Waals surface area (Å²) in [5, 5.41) is 14.2. The highest BCUT2D eigenvalue weighted by Gasteiger charge is 2.38. The number of nitrogens with one attached hydrogen (secondary N) is 1. The van der Waals surface area contributed by atoms with Crippen LogP contribution in [0.5, 0.6) is 0 Å². The average Bonchev–Trinajstić information content (AvgIpc) is 3.59. The van der Waals surface area contributed by atoms with Crippen LogP contribution in [0.15, 0.2) is 35.6 Å². The second kappa shape index (κ2) is 7.55. The normalized spacial score (nSPS) is 20.8. The van der Waals surface area contributed by atoms with Gasteiger partial charge in [-0.1, -0.05) is 0 Å². The standard InChI is InChI=1S/C23H21N9O/c1-12(14-10-27-19(28-11-14)13-3-4-13)32-22-18(17(9-24)31-32)23(33)30-21(29-22)16-6-5-15(16)20-25-7-2-8-26-20/h2,7-8,10-13,15-16H,3-6H2,1H3,(H,29,30,33)/t12?,15-,16-/m1/s1. The Balaban J connectivity index is 1.41. The van der Waals surface area contributed by atoms with Crippen LogP contribution in [-0.2, 0) is 0 Å². The molecule has 2 aliphatic carbocycles. The highest BCUT2D eigenvalue weighted by molar-refractivity contribution is 5.80. The predicted octanol–water partition coefficient (Wildman–Crippen LogP) is 2.72. The number of hydrogen-bond acceptors (Lipinski definition) is 8. The maximum Gasteiger partial charge on any atom is 0.263 e. The molecule has 0 radical (unpaired) electrons. The summed E-state index contributed by atoms with van der Waals surface area (Å²) in [4.78, 5) is 38.5. The van der Waals surface area contributed by atoms with Crippen LogP contribution in [0.25, 0.3) is 11.0 Å². The molecule has 2 fully saturated rings. The fourth-order valence-corrected chi connectivity index (χ4v) is 4.48. The molecule has 33 heavy (non-hydrogen) atoms. The first-order chi connectivity index (χ1) is 16.1. The largest absolute Gasteiger partial charge is 0.310 e. The first kappa shape index (κ1) is 19.7. The van der Waals surface area contributed by atoms with Gasteiger partial charge in [0.15, 0.2) is 11.3 Å². The van der Waals surface area contributed by atoms with E-state index in [2.05, 4.69) is 30.0 Å². The minimum atomic E-state index is -0.357. The smallest absolute Gasteiger partial charge is 0.263 e. The van der Waals surface area contributed by atoms with Crippen molar-refractivity contribution < 1.29 is 0 Å². The third-order valence-electron chi connectivity index (χ3n) is 6.71. The number of aromatic nitrogens is 8. The van der Waals surface area contributed by atoms with Gasteiger partial charge < -0.3 is 4.98 Å². The fraction of sp³-hybridized carbons (Fsp3) is 0.391. The molecule has 1 N–H and O–H groups in total. The molecule has 3 atom stereocenters. The Morgan fingerprint density at radius 2 is 1.79 bits per heavy atom. The van der Waals surface area contributed by atoms with Crippen LogP contribution >= 0.6 is 0 Å². The topological polar surface area (TPSA) is 139 Å². The van der Waals surface area contributed by atoms with Gasteiger partial charge in [-0.15, -0.1) is 0 Å². The van der Waals surface area contributed by atoms with E-state index < -0.39 is 0 Å². The molecule has 2 saturated carbocycles. The van der Waals surface area contributed by atoms with Crippen molar-refractivity contribution in [2.75, 3.05) is 0 Å². The molecule has 0 spiro atoms. The highest BCUT2D eigenvalue weighted by Crippen LogP contribution is 2.46. The van der Waals surface area contributed by atoms with Gasteiger partial charge in [0.1, 0.15) is 28.9 Å². The zero-order valence-electron chi connectivity index (χ0n) is 18.0. The lowest BCUT2D eigenvalue weighted by Gasteiger charge is -2.34. The molecule has 4 aromatic rings. The van der Waals surface area contributed by atoms with Crippen LogP contribution in [-0.4, -0.2) is 39.7 Å². The van der Waals surface area contributed by atoms with E-state index in [0.717, 1.165) is 42.9 Å². The Morgan fingerprint density at radius 1 is 1.06 bits per heavy atom. The van der Waals surface area contributed by atoms with Crippen LogP contribution in [0.2, 0.25) is 0 Å². The van der Waals surface area contributed by atoms with Gasteiger partial charge in [0, 0.05) is 48.1 Å². The summed E-state index contributed by atoms with van der Waals surface area (Å²) in [6.45, 7) is 1.94. The maximum absolute atomic E-state index is 13.0. The second-order valence-electron chi connectivity index (χ2n) is 8.78. The zero-order chi connectivity index (χ0) is 22.5. The van der Waals surface area contributed by atoms with Gasteiger partial charge >= 0.3 is 0 Å². The molecule has 164 valence electrons. The Labute approximate surface area is 188 Å². The van der Waals surface area contributed by atoms with E-state index in [4.69, 9.17) is 4.98 Å². The van der Waals surface area contributed by atoms with Crippen molar-refractivity contribution in [2.24, 2.45) is 0 Å². The molecule has 2 aliphatic rings. The third-order valence-corrected chi connectivity index (χ3v) is 6.71. The average molecular weight is 439 g/mol. The SMILES string of the molecule is CC(c1cnc(C2CC2)nc1)n1nc(C#N)c2c(=O)[nH]c([C@@H]3CC[C@H]3c3ncccn3)nc21. The molecule has 0 amide bonds. The minimum Gasteiger partial charge on any atom is -0.310 e. The fourth-order valence-electron chi connectivity index (χ4n) is 4.48. The summed E-state index contributed by atoms with van der Waals surface area (Å²) in [5.74, 6) is 2.77. The van der Waals surface area contributed by atoms with E-state index in [1.54, 1.807) is 35.5 Å². The van der Waals surface area contributed by atoms with Crippen molar-refractivity contribution >= 4 is 11.0 Å². The van der Waals surface area contributed by atoms with Crippen LogP contribution in [0, 0.1) is 11.3 Å². The van der Waals surface area contributed by atoms with E-state index in [1.807, 2.05) is 13.0 Å². The van der Waals surface area contributed by atoms with E-state index >= 15 is 0 Å². The van der Waals surface area contributed by atoms with Gasteiger partial charge in [-0.2, -0.15) is 10.4 Å². The number of nitrogens with zero attached hydrogens (tertiary/aromatic N) is 8. The highest BCUT2D eigenvalue weighted by atomic mass is 16.1. The number of H-pyrrole nitrogens is 1. The van der Waals surface area contributed by atoms with E-state index in [9.17, 15) is 10.1 Å². The molecule has 0 aromatic carbocycles. The van der Waals surface area contributed by atoms with Crippen LogP contribution in [0.3, 0.4) is 0 Å². The Hall–Kier alpha value is -4.00. The lowest BCUT2D eigenvalue weighted by Crippen LogP contribution is -2.28. The number of rotatable bonds is 5. The van der Waals surface area contributed by atoms with Crippen molar-refractivity contribution in [1.29, 1.82) is 5.26 Å². The van der Waals surface area contributed by atoms with Crippen LogP contribution in [0.1, 0.15) is 85.1 Å². The number of fused-ring (bicyclic) bond motifs is 1. The molecular formula is C23H21N9O. The monoisotopic (exact) mass is 439 g/mol. The van der Waals surface area contributed by atoms with Crippen LogP contribution < -0.4 is 5.56 Å². The first-order valence-electron chi connectivity index (χ1n) is 11.1. The third kappa shape index (κ3) is 3.28. The Kier molecular flexibility index (Phi) is 4.50. The second-order valence-corrected chi connectivity index (χ2v) is 8.78. The van der Waals surface area contributed by atoms with Gasteiger partial charge in [-0.05, 0) is 38.7 Å². The summed E-state index contributed by atoms with van der Waals surface area (Å²) in [6.07, 6.45) is 11.1. The lowest BCUT2D eigenvalue weighted by atomic mass is 9.72. The van der Waals surface area contributed by atoms with Gasteiger partial charge in [-0.25, -0.2) is 29.6 Å². The summed E-state index contributed by atoms with van der Waals surface area (Å²) in [6, 6.07) is 3.53. The van der Waals surface area contributed by atoms with Gasteiger partial charge in [-0.3, -0.25) is 4.79 Å². The molecule has 10 nitrogen and oxygen atoms in total. The van der Waals surface area contributed by atoms with E-state index in [-0.39, 0.29) is 34.5 Å². The number of hydrogen-bond donors (Lipinski definition) is 1. The van der Waals surface area contributed by atoms with E-state index in [0.29, 0.717) is 17.4 Å². The number of nitriles is 1. The maximum atomic E-state index is 13.0. The molecule has 10 heteroatoms. The Morgan fingerprint density at radius 3 is 2.42 bits per heavy atom. The first-order valence-corrected chi connectivity index (χ1v) is 11.1. The van der Waals surface area contributed by atoms with Gasteiger partial charge in [0.05, 0.1) is 6.04 Å².